The van der Waals surface area contributed by atoms with Crippen LogP contribution >= 0.6 is 0 Å². The first-order valence-corrected chi connectivity index (χ1v) is 18.7. The first-order chi connectivity index (χ1) is 27.6. The second-order valence-corrected chi connectivity index (χ2v) is 13.8. The van der Waals surface area contributed by atoms with E-state index in [1.807, 2.05) is 114 Å². The molecule has 7 nitrogen and oxygen atoms in total. The minimum Gasteiger partial charge on any atom is -0.399 e. The van der Waals surface area contributed by atoms with Crippen LogP contribution in [0, 0.1) is 0 Å². The van der Waals surface area contributed by atoms with Gasteiger partial charge in [0.25, 0.3) is 0 Å². The van der Waals surface area contributed by atoms with E-state index in [0.717, 1.165) is 89.1 Å². The molecular formula is C50H44N6O. The summed E-state index contributed by atoms with van der Waals surface area (Å²) in [5.74, 6) is -0.0925. The zero-order chi connectivity index (χ0) is 39.9. The maximum Gasteiger partial charge on any atom is 0.221 e. The largest absolute Gasteiger partial charge is 0.399 e. The molecule has 0 saturated heterocycles. The van der Waals surface area contributed by atoms with Gasteiger partial charge in [0, 0.05) is 43.2 Å². The Morgan fingerprint density at radius 2 is 1.02 bits per heavy atom. The van der Waals surface area contributed by atoms with Crippen molar-refractivity contribution in [2.24, 2.45) is 14.1 Å². The molecule has 2 heterocycles. The molecule has 0 aliphatic carbocycles. The maximum absolute atomic E-state index is 11.3. The number of nitrogen functional groups attached to an aromatic ring is 1. The van der Waals surface area contributed by atoms with Gasteiger partial charge in [-0.1, -0.05) is 122 Å². The summed E-state index contributed by atoms with van der Waals surface area (Å²) in [4.78, 5) is 11.3. The second-order valence-electron chi connectivity index (χ2n) is 13.8. The summed E-state index contributed by atoms with van der Waals surface area (Å²) >= 11 is 0. The number of hydrogen-bond donors (Lipinski definition) is 2. The molecule has 0 spiro atoms. The predicted octanol–water partition coefficient (Wildman–Crippen LogP) is 11.2. The molecule has 280 valence electrons. The third-order valence-corrected chi connectivity index (χ3v) is 9.69. The Morgan fingerprint density at radius 1 is 0.561 bits per heavy atom. The molecule has 6 aromatic carbocycles. The minimum atomic E-state index is -0.0925. The number of benzene rings is 6. The number of carbonyl (C=O) groups is 1. The molecule has 0 bridgehead atoms. The van der Waals surface area contributed by atoms with Crippen LogP contribution in [-0.2, 0) is 18.9 Å². The van der Waals surface area contributed by atoms with E-state index in [9.17, 15) is 4.79 Å². The predicted molar refractivity (Wildman–Crippen MR) is 240 cm³/mol. The number of carbonyl (C=O) groups excluding carboxylic acids is 1. The van der Waals surface area contributed by atoms with Crippen molar-refractivity contribution < 1.29 is 4.79 Å². The molecule has 0 fully saturated rings. The fourth-order valence-electron chi connectivity index (χ4n) is 6.72. The summed E-state index contributed by atoms with van der Waals surface area (Å²) in [5.41, 5.74) is 19.6. The van der Waals surface area contributed by atoms with Crippen molar-refractivity contribution in [1.82, 2.24) is 19.6 Å². The Labute approximate surface area is 333 Å². The van der Waals surface area contributed by atoms with Crippen molar-refractivity contribution >= 4 is 74.5 Å². The van der Waals surface area contributed by atoms with Gasteiger partial charge in [-0.25, -0.2) is 0 Å². The van der Waals surface area contributed by atoms with Crippen LogP contribution in [0.1, 0.15) is 51.7 Å². The van der Waals surface area contributed by atoms with Crippen LogP contribution in [0.4, 0.5) is 11.4 Å². The third kappa shape index (κ3) is 8.90. The van der Waals surface area contributed by atoms with Crippen LogP contribution in [-0.4, -0.2) is 25.5 Å². The highest BCUT2D eigenvalue weighted by Gasteiger charge is 2.12. The van der Waals surface area contributed by atoms with Crippen LogP contribution in [0.3, 0.4) is 0 Å². The van der Waals surface area contributed by atoms with Gasteiger partial charge >= 0.3 is 0 Å². The van der Waals surface area contributed by atoms with Crippen molar-refractivity contribution in [1.29, 1.82) is 0 Å². The first-order valence-electron chi connectivity index (χ1n) is 18.7. The second kappa shape index (κ2) is 16.9. The Bertz CT molecular complexity index is 2810. The smallest absolute Gasteiger partial charge is 0.221 e. The number of aryl methyl sites for hydroxylation is 2. The van der Waals surface area contributed by atoms with Crippen LogP contribution in [0.15, 0.2) is 159 Å². The zero-order valence-electron chi connectivity index (χ0n) is 32.4. The van der Waals surface area contributed by atoms with Gasteiger partial charge < -0.3 is 11.1 Å². The number of amides is 1. The van der Waals surface area contributed by atoms with Gasteiger partial charge in [0.15, 0.2) is 0 Å². The molecule has 0 aliphatic rings. The van der Waals surface area contributed by atoms with Crippen LogP contribution in [0.25, 0.3) is 57.3 Å². The lowest BCUT2D eigenvalue weighted by atomic mass is 9.98. The van der Waals surface area contributed by atoms with E-state index in [2.05, 4.69) is 108 Å². The van der Waals surface area contributed by atoms with Crippen molar-refractivity contribution in [3.8, 4) is 0 Å². The molecule has 1 amide bonds. The SMILES string of the molecule is C=C(c1cccc(N)c1)c1ccc2c(/C=C/c3ccccc3)nn(C)c2c1.C=C(c1cccc(NC(C)=O)c1)c1ccc2c(/C=C/c3ccccc3)nn(C)c2c1. The molecule has 57 heavy (non-hydrogen) atoms. The van der Waals surface area contributed by atoms with Crippen LogP contribution < -0.4 is 11.1 Å². The Hall–Kier alpha value is -7.51. The standard InChI is InChI=1S/C26H23N3O.C24H21N3/c1-18(21-10-7-11-23(16-21)27-19(2)30)22-13-14-24-25(28-29(3)26(24)17-22)15-12-20-8-5-4-6-9-20;1-17(19-9-6-10-21(25)15-19)20-12-13-22-23(26-27(2)24(22)16-20)14-11-18-7-4-3-5-8-18/h4-17H,1H2,2-3H3,(H,27,30);3-16H,1,25H2,2H3/b15-12+;14-11+. The van der Waals surface area contributed by atoms with Crippen molar-refractivity contribution in [2.45, 2.75) is 6.92 Å². The number of aromatic nitrogens is 4. The maximum atomic E-state index is 11.3. The summed E-state index contributed by atoms with van der Waals surface area (Å²) in [5, 5.41) is 14.4. The van der Waals surface area contributed by atoms with Crippen LogP contribution in [0.5, 0.6) is 0 Å². The molecule has 7 heteroatoms. The van der Waals surface area contributed by atoms with E-state index >= 15 is 0 Å². The number of rotatable bonds is 9. The van der Waals surface area contributed by atoms with E-state index in [0.29, 0.717) is 0 Å². The molecule has 2 aromatic heterocycles. The van der Waals surface area contributed by atoms with Crippen molar-refractivity contribution in [3.05, 3.63) is 204 Å². The number of nitrogens with one attached hydrogen (secondary N) is 1. The van der Waals surface area contributed by atoms with Crippen molar-refractivity contribution in [2.75, 3.05) is 11.1 Å². The Kier molecular flexibility index (Phi) is 11.2. The highest BCUT2D eigenvalue weighted by molar-refractivity contribution is 5.95. The molecule has 8 rings (SSSR count). The summed E-state index contributed by atoms with van der Waals surface area (Å²) in [6.45, 7) is 10.0. The molecule has 3 N–H and O–H groups in total. The lowest BCUT2D eigenvalue weighted by Crippen LogP contribution is -2.05. The molecule has 0 atom stereocenters. The highest BCUT2D eigenvalue weighted by atomic mass is 16.1. The van der Waals surface area contributed by atoms with E-state index in [1.54, 1.807) is 0 Å². The minimum absolute atomic E-state index is 0.0925. The van der Waals surface area contributed by atoms with Crippen molar-refractivity contribution in [3.63, 3.8) is 0 Å². The highest BCUT2D eigenvalue weighted by Crippen LogP contribution is 2.30. The van der Waals surface area contributed by atoms with Gasteiger partial charge in [-0.15, -0.1) is 0 Å². The number of anilines is 2. The summed E-state index contributed by atoms with van der Waals surface area (Å²) < 4.78 is 3.81. The summed E-state index contributed by atoms with van der Waals surface area (Å²) in [6, 6.07) is 48.6. The van der Waals surface area contributed by atoms with Crippen LogP contribution in [0.2, 0.25) is 0 Å². The molecule has 0 aliphatic heterocycles. The molecule has 0 saturated carbocycles. The zero-order valence-corrected chi connectivity index (χ0v) is 32.4. The van der Waals surface area contributed by atoms with Gasteiger partial charge in [0.2, 0.25) is 5.91 Å². The average Bonchev–Trinajstić information content (AvgIpc) is 3.73. The fourth-order valence-corrected chi connectivity index (χ4v) is 6.72. The molecule has 0 unspecified atom stereocenters. The Balaban J connectivity index is 0.000000175. The third-order valence-electron chi connectivity index (χ3n) is 9.69. The molecule has 0 radical (unpaired) electrons. The van der Waals surface area contributed by atoms with E-state index in [4.69, 9.17) is 5.73 Å². The van der Waals surface area contributed by atoms with Gasteiger partial charge in [-0.05, 0) is 105 Å². The summed E-state index contributed by atoms with van der Waals surface area (Å²) in [6.07, 6.45) is 8.26. The molecular weight excluding hydrogens is 701 g/mol. The quantitative estimate of drug-likeness (QED) is 0.144. The number of nitrogens with two attached hydrogens (primary N) is 1. The monoisotopic (exact) mass is 744 g/mol. The van der Waals surface area contributed by atoms with E-state index in [1.165, 1.54) is 6.92 Å². The lowest BCUT2D eigenvalue weighted by Gasteiger charge is -2.09. The number of fused-ring (bicyclic) bond motifs is 2. The van der Waals surface area contributed by atoms with Gasteiger partial charge in [-0.3, -0.25) is 14.2 Å². The van der Waals surface area contributed by atoms with Gasteiger partial charge in [0.1, 0.15) is 0 Å². The lowest BCUT2D eigenvalue weighted by molar-refractivity contribution is -0.114. The number of nitrogens with zero attached hydrogens (tertiary/aromatic N) is 4. The van der Waals surface area contributed by atoms with Gasteiger partial charge in [-0.2, -0.15) is 10.2 Å². The topological polar surface area (TPSA) is 90.8 Å². The first kappa shape index (κ1) is 37.8. The Morgan fingerprint density at radius 3 is 1.49 bits per heavy atom. The number of hydrogen-bond acceptors (Lipinski definition) is 4. The average molecular weight is 745 g/mol. The normalized spacial score (nSPS) is 11.2. The fraction of sp³-hybridized carbons (Fsp3) is 0.0600. The van der Waals surface area contributed by atoms with E-state index < -0.39 is 0 Å². The molecule has 8 aromatic rings. The summed E-state index contributed by atoms with van der Waals surface area (Å²) in [7, 11) is 3.92. The van der Waals surface area contributed by atoms with Gasteiger partial charge in [0.05, 0.1) is 22.4 Å². The van der Waals surface area contributed by atoms with E-state index in [-0.39, 0.29) is 5.91 Å².